The van der Waals surface area contributed by atoms with Gasteiger partial charge in [0.2, 0.25) is 11.8 Å². The van der Waals surface area contributed by atoms with Crippen LogP contribution in [0.25, 0.3) is 10.2 Å². The summed E-state index contributed by atoms with van der Waals surface area (Å²) < 4.78 is 16.3. The van der Waals surface area contributed by atoms with Crippen LogP contribution in [-0.2, 0) is 38.6 Å². The lowest BCUT2D eigenvalue weighted by molar-refractivity contribution is -0.157. The highest BCUT2D eigenvalue weighted by Crippen LogP contribution is 2.32. The lowest BCUT2D eigenvalue weighted by atomic mass is 9.99. The normalized spacial score (nSPS) is 17.3. The molecule has 51 heavy (non-hydrogen) atoms. The Morgan fingerprint density at radius 3 is 2.49 bits per heavy atom. The number of nitrogens with one attached hydrogen (secondary N) is 1. The van der Waals surface area contributed by atoms with Crippen LogP contribution in [0.2, 0.25) is 0 Å². The Hall–Kier alpha value is -5.67. The molecule has 6 rings (SSSR count). The van der Waals surface area contributed by atoms with Gasteiger partial charge in [-0.1, -0.05) is 53.8 Å². The minimum atomic E-state index is -0.865. The monoisotopic (exact) mass is 713 g/mol. The first-order chi connectivity index (χ1) is 24.7. The molecule has 1 aromatic heterocycles. The first-order valence-corrected chi connectivity index (χ1v) is 17.1. The van der Waals surface area contributed by atoms with Crippen LogP contribution in [0.1, 0.15) is 16.7 Å². The van der Waals surface area contributed by atoms with Crippen LogP contribution in [0.3, 0.4) is 0 Å². The molecule has 0 radical (unpaired) electrons. The average Bonchev–Trinajstić information content (AvgIpc) is 3.69. The summed E-state index contributed by atoms with van der Waals surface area (Å²) in [5.74, 6) is 0.149. The van der Waals surface area contributed by atoms with Crippen molar-refractivity contribution in [1.29, 1.82) is 0 Å². The van der Waals surface area contributed by atoms with Crippen molar-refractivity contribution in [2.24, 2.45) is 0 Å². The zero-order chi connectivity index (χ0) is 36.1. The number of aromatic nitrogens is 1. The summed E-state index contributed by atoms with van der Waals surface area (Å²) in [5, 5.41) is 6.57. The topological polar surface area (TPSA) is 160 Å². The van der Waals surface area contributed by atoms with Gasteiger partial charge >= 0.3 is 12.0 Å². The molecule has 2 atom stereocenters. The molecule has 3 heterocycles. The van der Waals surface area contributed by atoms with Crippen LogP contribution in [0.15, 0.2) is 79.4 Å². The lowest BCUT2D eigenvalue weighted by Crippen LogP contribution is -2.66. The molecule has 14 nitrogen and oxygen atoms in total. The number of carbonyl (C=O) groups is 4. The number of esters is 1. The zero-order valence-corrected chi connectivity index (χ0v) is 29.1. The van der Waals surface area contributed by atoms with Crippen molar-refractivity contribution in [3.63, 3.8) is 0 Å². The van der Waals surface area contributed by atoms with Crippen molar-refractivity contribution in [3.8, 4) is 11.5 Å². The SMILES string of the molecule is C=CCN(C(=O)NCc1ccc(OC)cc1)N1CC(=O)N2[C@@H](Cc3ccc(OCC(=O)OC)cc3)C(=O)N(Cc3cccc4sc(N)nc34)C[C@@H]21. The highest BCUT2D eigenvalue weighted by atomic mass is 32.1. The van der Waals surface area contributed by atoms with Gasteiger partial charge in [-0.2, -0.15) is 5.01 Å². The summed E-state index contributed by atoms with van der Waals surface area (Å²) in [6, 6.07) is 18.8. The van der Waals surface area contributed by atoms with E-state index in [-0.39, 0.29) is 57.6 Å². The molecular weight excluding hydrogens is 675 g/mol. The van der Waals surface area contributed by atoms with Gasteiger partial charge in [-0.25, -0.2) is 14.6 Å². The quantitative estimate of drug-likeness (QED) is 0.156. The summed E-state index contributed by atoms with van der Waals surface area (Å²) in [7, 11) is 2.87. The van der Waals surface area contributed by atoms with E-state index in [1.165, 1.54) is 23.5 Å². The molecular formula is C36H39N7O7S. The fourth-order valence-electron chi connectivity index (χ4n) is 6.33. The van der Waals surface area contributed by atoms with Crippen molar-refractivity contribution in [2.45, 2.75) is 31.7 Å². The number of nitrogens with zero attached hydrogens (tertiary/aromatic N) is 5. The third-order valence-electron chi connectivity index (χ3n) is 8.83. The predicted molar refractivity (Wildman–Crippen MR) is 190 cm³/mol. The molecule has 4 amide bonds. The van der Waals surface area contributed by atoms with E-state index in [0.717, 1.165) is 26.9 Å². The number of nitrogen functional groups attached to an aromatic ring is 1. The van der Waals surface area contributed by atoms with E-state index in [9.17, 15) is 19.2 Å². The molecule has 3 N–H and O–H groups in total. The molecule has 2 aliphatic heterocycles. The molecule has 2 saturated heterocycles. The summed E-state index contributed by atoms with van der Waals surface area (Å²) in [4.78, 5) is 61.3. The van der Waals surface area contributed by atoms with E-state index in [1.807, 2.05) is 42.5 Å². The number of rotatable bonds is 13. The summed E-state index contributed by atoms with van der Waals surface area (Å²) >= 11 is 1.37. The Bertz CT molecular complexity index is 1920. The van der Waals surface area contributed by atoms with Crippen LogP contribution in [0, 0.1) is 0 Å². The fraction of sp³-hybridized carbons (Fsp3) is 0.306. The van der Waals surface area contributed by atoms with Crippen LogP contribution in [0.4, 0.5) is 9.93 Å². The molecule has 2 fully saturated rings. The Balaban J connectivity index is 1.27. The maximum Gasteiger partial charge on any atom is 0.343 e. The summed E-state index contributed by atoms with van der Waals surface area (Å²) in [6.07, 6.45) is 1.16. The van der Waals surface area contributed by atoms with Crippen molar-refractivity contribution in [3.05, 3.63) is 96.1 Å². The number of methoxy groups -OCH3 is 2. The van der Waals surface area contributed by atoms with Crippen molar-refractivity contribution < 1.29 is 33.4 Å². The number of hydrogen-bond acceptors (Lipinski definition) is 11. The molecule has 15 heteroatoms. The number of urea groups is 1. The van der Waals surface area contributed by atoms with Gasteiger partial charge in [0.1, 0.15) is 23.7 Å². The molecule has 0 bridgehead atoms. The second-order valence-electron chi connectivity index (χ2n) is 12.0. The van der Waals surface area contributed by atoms with Gasteiger partial charge in [0.25, 0.3) is 0 Å². The number of fused-ring (bicyclic) bond motifs is 2. The zero-order valence-electron chi connectivity index (χ0n) is 28.3. The highest BCUT2D eigenvalue weighted by molar-refractivity contribution is 7.22. The van der Waals surface area contributed by atoms with E-state index < -0.39 is 24.2 Å². The van der Waals surface area contributed by atoms with Crippen molar-refractivity contribution in [1.82, 2.24) is 30.1 Å². The molecule has 0 spiro atoms. The fourth-order valence-corrected chi connectivity index (χ4v) is 7.11. The number of thiazole rings is 1. The average molecular weight is 714 g/mol. The molecule has 0 unspecified atom stereocenters. The Kier molecular flexibility index (Phi) is 10.7. The van der Waals surface area contributed by atoms with Crippen molar-refractivity contribution in [2.75, 3.05) is 46.2 Å². The van der Waals surface area contributed by atoms with Crippen LogP contribution >= 0.6 is 11.3 Å². The Morgan fingerprint density at radius 1 is 1.06 bits per heavy atom. The second kappa shape index (κ2) is 15.5. The second-order valence-corrected chi connectivity index (χ2v) is 13.1. The van der Waals surface area contributed by atoms with Gasteiger partial charge in [-0.15, -0.1) is 6.58 Å². The number of nitrogens with two attached hydrogens (primary N) is 1. The number of carbonyl (C=O) groups excluding carboxylic acids is 4. The number of anilines is 1. The predicted octanol–water partition coefficient (Wildman–Crippen LogP) is 3.18. The maximum absolute atomic E-state index is 14.4. The minimum Gasteiger partial charge on any atom is -0.497 e. The van der Waals surface area contributed by atoms with Gasteiger partial charge in [0, 0.05) is 19.5 Å². The molecule has 2 aliphatic rings. The van der Waals surface area contributed by atoms with Gasteiger partial charge in [-0.05, 0) is 47.0 Å². The maximum atomic E-state index is 14.4. The van der Waals surface area contributed by atoms with E-state index in [2.05, 4.69) is 21.6 Å². The number of amides is 4. The Morgan fingerprint density at radius 2 is 1.78 bits per heavy atom. The standard InChI is InChI=1S/C36H39N7O7S/c1-4-16-41(36(47)38-18-24-10-12-26(48-2)13-11-24)42-21-31(44)43-28(17-23-8-14-27(15-9-23)50-22-32(45)49-3)34(46)40(20-30(42)43)19-25-6-5-7-29-33(25)39-35(37)51-29/h4-15,28,30H,1,16-22H2,2-3H3,(H2,37,39)(H,38,47)/t28-,30+/m0/s1. The number of benzene rings is 3. The number of piperazine rings is 1. The smallest absolute Gasteiger partial charge is 0.343 e. The first-order valence-electron chi connectivity index (χ1n) is 16.3. The molecule has 266 valence electrons. The number of ether oxygens (including phenoxy) is 3. The van der Waals surface area contributed by atoms with E-state index in [4.69, 9.17) is 15.2 Å². The molecule has 3 aromatic carbocycles. The highest BCUT2D eigenvalue weighted by Gasteiger charge is 2.52. The van der Waals surface area contributed by atoms with Gasteiger partial charge in [0.15, 0.2) is 11.7 Å². The van der Waals surface area contributed by atoms with Gasteiger partial charge in [-0.3, -0.25) is 14.6 Å². The Labute approximate surface area is 298 Å². The van der Waals surface area contributed by atoms with Crippen LogP contribution in [0.5, 0.6) is 11.5 Å². The number of para-hydroxylation sites is 1. The number of hydrogen-bond donors (Lipinski definition) is 2. The van der Waals surface area contributed by atoms with E-state index in [1.54, 1.807) is 52.3 Å². The molecule has 0 saturated carbocycles. The van der Waals surface area contributed by atoms with Gasteiger partial charge < -0.3 is 35.1 Å². The van der Waals surface area contributed by atoms with Crippen LogP contribution in [-0.4, -0.2) is 101 Å². The van der Waals surface area contributed by atoms with Crippen LogP contribution < -0.4 is 20.5 Å². The third-order valence-corrected chi connectivity index (χ3v) is 9.68. The largest absolute Gasteiger partial charge is 0.497 e. The minimum absolute atomic E-state index is 0.107. The summed E-state index contributed by atoms with van der Waals surface area (Å²) in [5.41, 5.74) is 9.23. The lowest BCUT2D eigenvalue weighted by Gasteiger charge is -2.46. The van der Waals surface area contributed by atoms with Gasteiger partial charge in [0.05, 0.1) is 44.1 Å². The third kappa shape index (κ3) is 7.74. The first kappa shape index (κ1) is 35.2. The van der Waals surface area contributed by atoms with Crippen molar-refractivity contribution >= 4 is 50.5 Å². The van der Waals surface area contributed by atoms with E-state index in [0.29, 0.717) is 16.6 Å². The van der Waals surface area contributed by atoms with E-state index >= 15 is 0 Å². The molecule has 0 aliphatic carbocycles. The molecule has 4 aromatic rings. The summed E-state index contributed by atoms with van der Waals surface area (Å²) in [6.45, 7) is 4.28. The number of hydrazine groups is 1.